The first-order chi connectivity index (χ1) is 9.29. The normalized spacial score (nSPS) is 10.7. The molecule has 0 fully saturated rings. The third kappa shape index (κ3) is 4.48. The highest BCUT2D eigenvalue weighted by molar-refractivity contribution is 5.85. The lowest BCUT2D eigenvalue weighted by Gasteiger charge is -2.24. The first-order valence-corrected chi connectivity index (χ1v) is 6.10. The van der Waals surface area contributed by atoms with Gasteiger partial charge in [0.1, 0.15) is 0 Å². The fourth-order valence-electron chi connectivity index (χ4n) is 1.91. The lowest BCUT2D eigenvalue weighted by Crippen LogP contribution is -2.33. The van der Waals surface area contributed by atoms with Crippen molar-refractivity contribution in [3.8, 4) is 0 Å². The van der Waals surface area contributed by atoms with E-state index in [4.69, 9.17) is 10.9 Å². The summed E-state index contributed by atoms with van der Waals surface area (Å²) in [6.07, 6.45) is 0. The largest absolute Gasteiger partial charge is 0.409 e. The highest BCUT2D eigenvalue weighted by atomic mass is 35.5. The number of nitrogens with zero attached hydrogens (tertiary/aromatic N) is 2. The molecule has 0 aromatic heterocycles. The molecule has 20 heavy (non-hydrogen) atoms. The average Bonchev–Trinajstić information content (AvgIpc) is 2.48. The zero-order valence-corrected chi connectivity index (χ0v) is 11.8. The summed E-state index contributed by atoms with van der Waals surface area (Å²) >= 11 is 0. The molecule has 0 unspecified atom stereocenters. The van der Waals surface area contributed by atoms with Crippen LogP contribution >= 0.6 is 12.4 Å². The van der Waals surface area contributed by atoms with E-state index >= 15 is 0 Å². The first kappa shape index (κ1) is 15.9. The van der Waals surface area contributed by atoms with Crippen LogP contribution in [0, 0.1) is 0 Å². The summed E-state index contributed by atoms with van der Waals surface area (Å²) < 4.78 is 0. The second-order valence-electron chi connectivity index (χ2n) is 4.27. The number of halogens is 1. The molecule has 0 aliphatic carbocycles. The second-order valence-corrected chi connectivity index (χ2v) is 4.27. The van der Waals surface area contributed by atoms with Crippen LogP contribution in [0.3, 0.4) is 0 Å². The number of anilines is 1. The molecule has 0 aliphatic rings. The van der Waals surface area contributed by atoms with Crippen LogP contribution in [0.1, 0.15) is 5.56 Å². The fourth-order valence-corrected chi connectivity index (χ4v) is 1.91. The van der Waals surface area contributed by atoms with Crippen molar-refractivity contribution in [3.05, 3.63) is 66.2 Å². The predicted molar refractivity (Wildman–Crippen MR) is 84.6 cm³/mol. The van der Waals surface area contributed by atoms with E-state index in [9.17, 15) is 0 Å². The van der Waals surface area contributed by atoms with Crippen LogP contribution in [0.2, 0.25) is 0 Å². The Bertz CT molecular complexity index is 531. The van der Waals surface area contributed by atoms with Gasteiger partial charge >= 0.3 is 0 Å². The highest BCUT2D eigenvalue weighted by Gasteiger charge is 2.09. The van der Waals surface area contributed by atoms with E-state index < -0.39 is 0 Å². The number of rotatable bonds is 5. The van der Waals surface area contributed by atoms with Crippen molar-refractivity contribution < 1.29 is 5.21 Å². The van der Waals surface area contributed by atoms with Gasteiger partial charge in [-0.1, -0.05) is 53.7 Å². The summed E-state index contributed by atoms with van der Waals surface area (Å²) in [5.41, 5.74) is 7.84. The maximum absolute atomic E-state index is 8.73. The summed E-state index contributed by atoms with van der Waals surface area (Å²) in [5.74, 6) is 0.194. The maximum atomic E-state index is 8.73. The van der Waals surface area contributed by atoms with Gasteiger partial charge in [0.05, 0.1) is 6.54 Å². The number of benzene rings is 2. The molecular weight excluding hydrogens is 274 g/mol. The molecule has 0 radical (unpaired) electrons. The summed E-state index contributed by atoms with van der Waals surface area (Å²) in [4.78, 5) is 2.06. The maximum Gasteiger partial charge on any atom is 0.158 e. The summed E-state index contributed by atoms with van der Waals surface area (Å²) in [7, 11) is 0. The van der Waals surface area contributed by atoms with Gasteiger partial charge in [-0.15, -0.1) is 12.4 Å². The predicted octanol–water partition coefficient (Wildman–Crippen LogP) is 2.86. The minimum absolute atomic E-state index is 0. The molecule has 0 saturated carbocycles. The van der Waals surface area contributed by atoms with Crippen molar-refractivity contribution in [3.63, 3.8) is 0 Å². The third-order valence-corrected chi connectivity index (χ3v) is 2.82. The molecular formula is C15H18ClN3O. The van der Waals surface area contributed by atoms with Crippen LogP contribution in [-0.2, 0) is 6.54 Å². The molecule has 0 heterocycles. The average molecular weight is 292 g/mol. The molecule has 0 saturated heterocycles. The molecule has 2 aromatic carbocycles. The Morgan fingerprint density at radius 1 is 1.00 bits per heavy atom. The van der Waals surface area contributed by atoms with Crippen molar-refractivity contribution in [2.45, 2.75) is 6.54 Å². The third-order valence-electron chi connectivity index (χ3n) is 2.82. The molecule has 2 aromatic rings. The summed E-state index contributed by atoms with van der Waals surface area (Å²) in [6.45, 7) is 1.09. The summed E-state index contributed by atoms with van der Waals surface area (Å²) in [5, 5.41) is 11.8. The molecule has 0 amide bonds. The molecule has 0 spiro atoms. The number of amidine groups is 1. The van der Waals surface area contributed by atoms with Gasteiger partial charge in [0.15, 0.2) is 5.84 Å². The van der Waals surface area contributed by atoms with Crippen molar-refractivity contribution >= 4 is 23.9 Å². The fraction of sp³-hybridized carbons (Fsp3) is 0.133. The van der Waals surface area contributed by atoms with Crippen molar-refractivity contribution in [2.24, 2.45) is 10.9 Å². The quantitative estimate of drug-likeness (QED) is 0.385. The molecule has 3 N–H and O–H groups in total. The lowest BCUT2D eigenvalue weighted by molar-refractivity contribution is 0.317. The minimum atomic E-state index is 0. The van der Waals surface area contributed by atoms with Gasteiger partial charge in [-0.2, -0.15) is 0 Å². The van der Waals surface area contributed by atoms with Crippen molar-refractivity contribution in [2.75, 3.05) is 11.4 Å². The molecule has 5 heteroatoms. The molecule has 2 rings (SSSR count). The monoisotopic (exact) mass is 291 g/mol. The molecule has 0 bridgehead atoms. The Morgan fingerprint density at radius 2 is 1.55 bits per heavy atom. The van der Waals surface area contributed by atoms with Gasteiger partial charge in [0.25, 0.3) is 0 Å². The zero-order chi connectivity index (χ0) is 13.5. The van der Waals surface area contributed by atoms with Crippen LogP contribution in [0.4, 0.5) is 5.69 Å². The molecule has 0 atom stereocenters. The SMILES string of the molecule is Cl.N/C(CN(Cc1ccccc1)c1ccccc1)=N\O. The second kappa shape index (κ2) is 8.07. The van der Waals surface area contributed by atoms with E-state index in [0.717, 1.165) is 5.69 Å². The smallest absolute Gasteiger partial charge is 0.158 e. The van der Waals surface area contributed by atoms with Crippen LogP contribution in [0.5, 0.6) is 0 Å². The topological polar surface area (TPSA) is 61.8 Å². The number of hydrogen-bond acceptors (Lipinski definition) is 3. The van der Waals surface area contributed by atoms with E-state index in [2.05, 4.69) is 22.2 Å². The Morgan fingerprint density at radius 3 is 2.10 bits per heavy atom. The molecule has 106 valence electrons. The summed E-state index contributed by atoms with van der Waals surface area (Å²) in [6, 6.07) is 20.0. The van der Waals surface area contributed by atoms with Crippen LogP contribution < -0.4 is 10.6 Å². The number of para-hydroxylation sites is 1. The van der Waals surface area contributed by atoms with Crippen LogP contribution in [0.25, 0.3) is 0 Å². The Balaban J connectivity index is 0.00000200. The highest BCUT2D eigenvalue weighted by Crippen LogP contribution is 2.16. The Kier molecular flexibility index (Phi) is 6.40. The number of hydrogen-bond donors (Lipinski definition) is 2. The van der Waals surface area contributed by atoms with Gasteiger partial charge in [-0.25, -0.2) is 0 Å². The first-order valence-electron chi connectivity index (χ1n) is 6.10. The van der Waals surface area contributed by atoms with Gasteiger partial charge in [-0.05, 0) is 17.7 Å². The van der Waals surface area contributed by atoms with E-state index in [1.807, 2.05) is 48.5 Å². The van der Waals surface area contributed by atoms with Gasteiger partial charge in [0.2, 0.25) is 0 Å². The molecule has 4 nitrogen and oxygen atoms in total. The van der Waals surface area contributed by atoms with Gasteiger partial charge in [-0.3, -0.25) is 0 Å². The van der Waals surface area contributed by atoms with Crippen molar-refractivity contribution in [1.29, 1.82) is 0 Å². The zero-order valence-electron chi connectivity index (χ0n) is 11.0. The Labute approximate surface area is 124 Å². The Hall–Kier alpha value is -2.20. The van der Waals surface area contributed by atoms with E-state index in [1.54, 1.807) is 0 Å². The van der Waals surface area contributed by atoms with Crippen LogP contribution in [-0.4, -0.2) is 17.6 Å². The number of nitrogens with two attached hydrogens (primary N) is 1. The van der Waals surface area contributed by atoms with Crippen LogP contribution in [0.15, 0.2) is 65.8 Å². The van der Waals surface area contributed by atoms with E-state index in [-0.39, 0.29) is 18.2 Å². The minimum Gasteiger partial charge on any atom is -0.409 e. The van der Waals surface area contributed by atoms with E-state index in [0.29, 0.717) is 13.1 Å². The van der Waals surface area contributed by atoms with Crippen molar-refractivity contribution in [1.82, 2.24) is 0 Å². The standard InChI is InChI=1S/C15H17N3O.ClH/c16-15(17-19)12-18(14-9-5-2-6-10-14)11-13-7-3-1-4-8-13;/h1-10,19H,11-12H2,(H2,16,17);1H. The van der Waals surface area contributed by atoms with E-state index in [1.165, 1.54) is 5.56 Å². The number of oxime groups is 1. The van der Waals surface area contributed by atoms with Gasteiger partial charge in [0, 0.05) is 12.2 Å². The van der Waals surface area contributed by atoms with Gasteiger partial charge < -0.3 is 15.8 Å². The molecule has 0 aliphatic heterocycles. The lowest BCUT2D eigenvalue weighted by atomic mass is 10.2.